The molecule has 6 N–H and O–H groups in total. The number of nitrogens with one attached hydrogen (secondary N) is 1. The summed E-state index contributed by atoms with van der Waals surface area (Å²) in [5.41, 5.74) is 5.57. The van der Waals surface area contributed by atoms with Gasteiger partial charge in [-0.2, -0.15) is 0 Å². The third-order valence-corrected chi connectivity index (χ3v) is 4.84. The van der Waals surface area contributed by atoms with Gasteiger partial charge in [-0.3, -0.25) is 18.9 Å². The Hall–Kier alpha value is -1.86. The second kappa shape index (κ2) is 7.28. The van der Waals surface area contributed by atoms with Crippen molar-refractivity contribution in [1.82, 2.24) is 14.5 Å². The largest absolute Gasteiger partial charge is 0.469 e. The fraction of sp³-hybridized carbons (Fsp3) is 0.615. The minimum Gasteiger partial charge on any atom is -0.386 e. The fourth-order valence-corrected chi connectivity index (χ4v) is 3.55. The summed E-state index contributed by atoms with van der Waals surface area (Å²) in [6.45, 7) is -0.387. The average molecular weight is 406 g/mol. The maximum atomic E-state index is 12.1. The predicted molar refractivity (Wildman–Crippen MR) is 89.2 cm³/mol. The van der Waals surface area contributed by atoms with Crippen LogP contribution < -0.4 is 15.9 Å². The van der Waals surface area contributed by atoms with Gasteiger partial charge in [0, 0.05) is 13.0 Å². The quantitative estimate of drug-likeness (QED) is 0.259. The molecule has 0 aliphatic carbocycles. The number of aliphatic hydroxyl groups is 1. The molecule has 1 saturated heterocycles. The van der Waals surface area contributed by atoms with Gasteiger partial charge in [-0.25, -0.2) is 9.13 Å². The maximum absolute atomic E-state index is 12.1. The molecule has 150 valence electrons. The molecule has 0 saturated carbocycles. The normalized spacial score (nSPS) is 26.1. The molecule has 3 heterocycles. The molecule has 1 aliphatic rings. The zero-order valence-electron chi connectivity index (χ0n) is 14.6. The Labute approximate surface area is 152 Å². The Morgan fingerprint density at radius 3 is 2.81 bits per heavy atom. The number of ether oxygens (including phenoxy) is 2. The summed E-state index contributed by atoms with van der Waals surface area (Å²) >= 11 is 0. The number of aliphatic hydroxyl groups excluding tert-OH is 1. The van der Waals surface area contributed by atoms with Gasteiger partial charge in [-0.05, 0) is 0 Å². The number of fused-ring (bicyclic) bond motifs is 1. The molecule has 14 heteroatoms. The molecule has 1 fully saturated rings. The molecule has 0 aromatic carbocycles. The summed E-state index contributed by atoms with van der Waals surface area (Å²) in [6, 6.07) is 0. The van der Waals surface area contributed by atoms with E-state index in [9.17, 15) is 14.5 Å². The van der Waals surface area contributed by atoms with Crippen LogP contribution in [0.25, 0.3) is 11.2 Å². The molecule has 3 rings (SSSR count). The minimum atomic E-state index is -4.71. The highest BCUT2D eigenvalue weighted by Crippen LogP contribution is 2.39. The molecule has 2 aromatic heterocycles. The molecule has 1 unspecified atom stereocenters. The van der Waals surface area contributed by atoms with Crippen LogP contribution in [0.5, 0.6) is 0 Å². The molecule has 4 atom stereocenters. The Morgan fingerprint density at radius 1 is 1.48 bits per heavy atom. The van der Waals surface area contributed by atoms with Gasteiger partial charge in [0.05, 0.1) is 26.4 Å². The van der Waals surface area contributed by atoms with Crippen molar-refractivity contribution in [2.24, 2.45) is 13.0 Å². The molecule has 0 amide bonds. The van der Waals surface area contributed by atoms with Crippen LogP contribution in [-0.2, 0) is 25.6 Å². The van der Waals surface area contributed by atoms with E-state index in [-0.39, 0.29) is 23.7 Å². The highest BCUT2D eigenvalue weighted by atomic mass is 31.2. The zero-order chi connectivity index (χ0) is 19.9. The summed E-state index contributed by atoms with van der Waals surface area (Å²) in [7, 11) is -1.67. The number of imidazole rings is 1. The van der Waals surface area contributed by atoms with E-state index in [0.29, 0.717) is 0 Å². The van der Waals surface area contributed by atoms with Gasteiger partial charge in [0.1, 0.15) is 6.10 Å². The standard InChI is InChI=1S/C13H20N5O8P/c1-17-5-18(10-8(17)11(20)16-13(14)15-10)12-9(19)6(3-24-2)7(26-12)4-25-27(21,22)23/h5-7,9,12,19H,3-4H2,1-2H3,(H4-,14,15,16,20,21,22,23)/p+1/t6-,7?,9-,12-/m1/s1. The lowest BCUT2D eigenvalue weighted by molar-refractivity contribution is -0.745. The number of hydrogen-bond acceptors (Lipinski definition) is 8. The number of phosphoric ester groups is 1. The first kappa shape index (κ1) is 19.9. The molecule has 13 nitrogen and oxygen atoms in total. The average Bonchev–Trinajstić information content (AvgIpc) is 3.03. The third-order valence-electron chi connectivity index (χ3n) is 4.35. The van der Waals surface area contributed by atoms with E-state index >= 15 is 0 Å². The smallest absolute Gasteiger partial charge is 0.386 e. The first-order valence-corrected chi connectivity index (χ1v) is 9.44. The molecule has 0 bridgehead atoms. The Morgan fingerprint density at radius 2 is 2.19 bits per heavy atom. The van der Waals surface area contributed by atoms with Gasteiger partial charge in [0.2, 0.25) is 11.7 Å². The molecule has 0 spiro atoms. The van der Waals surface area contributed by atoms with Crippen LogP contribution in [0.2, 0.25) is 0 Å². The SMILES string of the molecule is COC[C@@H]1C(COP(=O)(O)O)O[C@@H]([n+]2cn(C)c3c(=O)[nH]c(N)nc32)[C@@H]1O. The first-order valence-electron chi connectivity index (χ1n) is 7.91. The van der Waals surface area contributed by atoms with E-state index in [1.807, 2.05) is 0 Å². The Bertz CT molecular complexity index is 939. The number of aromatic nitrogens is 4. The molecule has 2 aromatic rings. The molecular formula is C13H21N5O8P+. The molecule has 27 heavy (non-hydrogen) atoms. The van der Waals surface area contributed by atoms with Crippen molar-refractivity contribution >= 4 is 24.9 Å². The van der Waals surface area contributed by atoms with Gasteiger partial charge in [0.15, 0.2) is 6.33 Å². The van der Waals surface area contributed by atoms with Gasteiger partial charge in [-0.15, -0.1) is 0 Å². The summed E-state index contributed by atoms with van der Waals surface area (Å²) in [4.78, 5) is 36.5. The van der Waals surface area contributed by atoms with Crippen LogP contribution in [-0.4, -0.2) is 62.0 Å². The van der Waals surface area contributed by atoms with Gasteiger partial charge < -0.3 is 30.1 Å². The van der Waals surface area contributed by atoms with E-state index in [1.54, 1.807) is 7.05 Å². The van der Waals surface area contributed by atoms with Gasteiger partial charge in [0.25, 0.3) is 11.5 Å². The van der Waals surface area contributed by atoms with E-state index in [2.05, 4.69) is 14.5 Å². The summed E-state index contributed by atoms with van der Waals surface area (Å²) in [5.74, 6) is -0.733. The van der Waals surface area contributed by atoms with Crippen LogP contribution >= 0.6 is 7.82 Å². The summed E-state index contributed by atoms with van der Waals surface area (Å²) in [6.07, 6.45) is -1.46. The van der Waals surface area contributed by atoms with E-state index in [1.165, 1.54) is 22.6 Å². The van der Waals surface area contributed by atoms with Crippen molar-refractivity contribution in [2.45, 2.75) is 18.4 Å². The highest BCUT2D eigenvalue weighted by molar-refractivity contribution is 7.46. The first-order chi connectivity index (χ1) is 12.6. The van der Waals surface area contributed by atoms with Crippen LogP contribution in [0.15, 0.2) is 11.1 Å². The lowest BCUT2D eigenvalue weighted by Crippen LogP contribution is -2.45. The number of methoxy groups -OCH3 is 1. The number of nitrogens with zero attached hydrogens (tertiary/aromatic N) is 3. The van der Waals surface area contributed by atoms with Gasteiger partial charge >= 0.3 is 13.5 Å². The van der Waals surface area contributed by atoms with E-state index in [0.717, 1.165) is 0 Å². The van der Waals surface area contributed by atoms with Crippen molar-refractivity contribution in [2.75, 3.05) is 26.1 Å². The molecule has 1 aliphatic heterocycles. The second-order valence-electron chi connectivity index (χ2n) is 6.22. The van der Waals surface area contributed by atoms with E-state index < -0.39 is 44.3 Å². The van der Waals surface area contributed by atoms with Crippen LogP contribution in [0.3, 0.4) is 0 Å². The van der Waals surface area contributed by atoms with Gasteiger partial charge in [-0.1, -0.05) is 4.98 Å². The van der Waals surface area contributed by atoms with Crippen molar-refractivity contribution in [3.63, 3.8) is 0 Å². The zero-order valence-corrected chi connectivity index (χ0v) is 15.4. The van der Waals surface area contributed by atoms with Crippen molar-refractivity contribution in [3.05, 3.63) is 16.7 Å². The van der Waals surface area contributed by atoms with E-state index in [4.69, 9.17) is 25.0 Å². The monoisotopic (exact) mass is 406 g/mol. The summed E-state index contributed by atoms with van der Waals surface area (Å²) < 4.78 is 29.3. The number of H-pyrrole nitrogens is 1. The number of aryl methyl sites for hydroxylation is 1. The predicted octanol–water partition coefficient (Wildman–Crippen LogP) is -2.24. The van der Waals surface area contributed by atoms with Crippen LogP contribution in [0.1, 0.15) is 6.23 Å². The number of rotatable bonds is 6. The number of anilines is 1. The van der Waals surface area contributed by atoms with Crippen LogP contribution in [0.4, 0.5) is 5.95 Å². The number of nitrogen functional groups attached to an aromatic ring is 1. The topological polar surface area (TPSA) is 186 Å². The lowest BCUT2D eigenvalue weighted by Gasteiger charge is -2.18. The lowest BCUT2D eigenvalue weighted by atomic mass is 9.99. The minimum absolute atomic E-state index is 0.0638. The third kappa shape index (κ3) is 3.89. The number of hydrogen-bond donors (Lipinski definition) is 5. The second-order valence-corrected chi connectivity index (χ2v) is 7.46. The number of phosphoric acid groups is 1. The molecule has 0 radical (unpaired) electrons. The number of nitrogens with two attached hydrogens (primary N) is 1. The van der Waals surface area contributed by atoms with Crippen LogP contribution in [0, 0.1) is 5.92 Å². The summed E-state index contributed by atoms with van der Waals surface area (Å²) in [5, 5.41) is 10.7. The fourth-order valence-electron chi connectivity index (χ4n) is 3.21. The Balaban J connectivity index is 1.98. The van der Waals surface area contributed by atoms with Crippen molar-refractivity contribution in [3.8, 4) is 0 Å². The highest BCUT2D eigenvalue weighted by Gasteiger charge is 2.48. The Kier molecular flexibility index (Phi) is 5.36. The number of aromatic amines is 1. The maximum Gasteiger partial charge on any atom is 0.469 e. The molecular weight excluding hydrogens is 385 g/mol. The van der Waals surface area contributed by atoms with Crippen molar-refractivity contribution < 1.29 is 38.0 Å². The van der Waals surface area contributed by atoms with Crippen molar-refractivity contribution in [1.29, 1.82) is 0 Å².